The van der Waals surface area contributed by atoms with E-state index in [1.165, 1.54) is 12.4 Å². The molecule has 0 aromatic carbocycles. The van der Waals surface area contributed by atoms with E-state index in [0.717, 1.165) is 19.3 Å². The van der Waals surface area contributed by atoms with Crippen LogP contribution in [0.5, 0.6) is 5.88 Å². The molecule has 0 bridgehead atoms. The van der Waals surface area contributed by atoms with Gasteiger partial charge < -0.3 is 19.6 Å². The molecule has 3 unspecified atom stereocenters. The van der Waals surface area contributed by atoms with Crippen LogP contribution in [-0.2, 0) is 4.65 Å². The lowest BCUT2D eigenvalue weighted by Gasteiger charge is -2.30. The summed E-state index contributed by atoms with van der Waals surface area (Å²) >= 11 is 0. The Bertz CT molecular complexity index is 619. The Balaban J connectivity index is 1.74. The van der Waals surface area contributed by atoms with Crippen LogP contribution in [0.4, 0.5) is 0 Å². The molecule has 0 radical (unpaired) electrons. The Hall–Kier alpha value is -2.11. The summed E-state index contributed by atoms with van der Waals surface area (Å²) in [6, 6.07) is 3.62. The topological polar surface area (TPSA) is 108 Å². The summed E-state index contributed by atoms with van der Waals surface area (Å²) in [6.45, 7) is 0.543. The molecule has 2 fully saturated rings. The molecule has 114 valence electrons. The molecule has 1 saturated carbocycles. The summed E-state index contributed by atoms with van der Waals surface area (Å²) in [5.74, 6) is 0.709. The van der Waals surface area contributed by atoms with Crippen molar-refractivity contribution in [2.45, 2.75) is 31.2 Å². The molecule has 1 saturated heterocycles. The average Bonchev–Trinajstić information content (AvgIpc) is 2.89. The van der Waals surface area contributed by atoms with E-state index >= 15 is 0 Å². The summed E-state index contributed by atoms with van der Waals surface area (Å²) in [7, 11) is -0.664. The number of rotatable bonds is 3. The van der Waals surface area contributed by atoms with Crippen molar-refractivity contribution in [3.05, 3.63) is 23.4 Å². The van der Waals surface area contributed by atoms with Crippen molar-refractivity contribution in [1.82, 2.24) is 4.98 Å². The van der Waals surface area contributed by atoms with Crippen LogP contribution in [-0.4, -0.2) is 41.3 Å². The molecule has 1 aromatic heterocycles. The molecule has 8 heteroatoms. The van der Waals surface area contributed by atoms with Gasteiger partial charge >= 0.3 is 7.12 Å². The monoisotopic (exact) mass is 301 g/mol. The van der Waals surface area contributed by atoms with Crippen LogP contribution in [0.2, 0.25) is 5.82 Å². The second kappa shape index (κ2) is 6.34. The van der Waals surface area contributed by atoms with Gasteiger partial charge in [0.15, 0.2) is 0 Å². The number of nitrogens with zero attached hydrogens (tertiary/aromatic N) is 3. The standard InChI is InChI=1S/C14H16BN3O4/c16-6-12-9(7-18-20)3-4-17-14(12)22-11-1-2-13-10(5-11)8-21-15(13)19/h3-4,7,10-11,13,19-20H,1-2,5,8H2/b18-7+. The Kier molecular flexibility index (Phi) is 4.27. The Morgan fingerprint density at radius 3 is 3.18 bits per heavy atom. The summed E-state index contributed by atoms with van der Waals surface area (Å²) in [6.07, 6.45) is 5.03. The lowest BCUT2D eigenvalue weighted by Crippen LogP contribution is -2.31. The van der Waals surface area contributed by atoms with Gasteiger partial charge in [-0.15, -0.1) is 0 Å². The maximum absolute atomic E-state index is 9.72. The van der Waals surface area contributed by atoms with E-state index in [9.17, 15) is 10.3 Å². The number of hydrogen-bond donors (Lipinski definition) is 2. The van der Waals surface area contributed by atoms with Crippen LogP contribution in [0.3, 0.4) is 0 Å². The number of hydrogen-bond acceptors (Lipinski definition) is 7. The van der Waals surface area contributed by atoms with Gasteiger partial charge in [0, 0.05) is 18.4 Å². The first-order valence-corrected chi connectivity index (χ1v) is 7.25. The van der Waals surface area contributed by atoms with E-state index in [1.807, 2.05) is 6.07 Å². The van der Waals surface area contributed by atoms with E-state index in [1.54, 1.807) is 6.07 Å². The van der Waals surface area contributed by atoms with E-state index in [4.69, 9.17) is 14.6 Å². The minimum Gasteiger partial charge on any atom is -0.473 e. The van der Waals surface area contributed by atoms with Crippen LogP contribution < -0.4 is 4.74 Å². The molecule has 0 spiro atoms. The fraction of sp³-hybridized carbons (Fsp3) is 0.500. The second-order valence-electron chi connectivity index (χ2n) is 5.64. The van der Waals surface area contributed by atoms with Crippen LogP contribution >= 0.6 is 0 Å². The highest BCUT2D eigenvalue weighted by Gasteiger charge is 2.44. The Morgan fingerprint density at radius 1 is 1.55 bits per heavy atom. The summed E-state index contributed by atoms with van der Waals surface area (Å²) in [4.78, 5) is 4.12. The quantitative estimate of drug-likeness (QED) is 0.376. The lowest BCUT2D eigenvalue weighted by molar-refractivity contribution is 0.114. The van der Waals surface area contributed by atoms with Gasteiger partial charge in [-0.2, -0.15) is 5.26 Å². The third kappa shape index (κ3) is 2.78. The molecule has 2 heterocycles. The van der Waals surface area contributed by atoms with Crippen molar-refractivity contribution in [1.29, 1.82) is 5.26 Å². The molecule has 2 aliphatic rings. The summed E-state index contributed by atoms with van der Waals surface area (Å²) in [5, 5.41) is 30.6. The van der Waals surface area contributed by atoms with Crippen LogP contribution in [0.25, 0.3) is 0 Å². The molecular weight excluding hydrogens is 285 g/mol. The van der Waals surface area contributed by atoms with Gasteiger partial charge in [-0.3, -0.25) is 0 Å². The predicted octanol–water partition coefficient (Wildman–Crippen LogP) is 1.19. The fourth-order valence-corrected chi connectivity index (χ4v) is 3.25. The summed E-state index contributed by atoms with van der Waals surface area (Å²) < 4.78 is 11.2. The molecule has 1 aliphatic carbocycles. The molecule has 0 amide bonds. The van der Waals surface area contributed by atoms with Crippen molar-refractivity contribution in [2.75, 3.05) is 6.61 Å². The van der Waals surface area contributed by atoms with Crippen LogP contribution in [0.15, 0.2) is 17.4 Å². The molecule has 1 aliphatic heterocycles. The number of pyridine rings is 1. The van der Waals surface area contributed by atoms with Crippen molar-refractivity contribution >= 4 is 13.3 Å². The number of fused-ring (bicyclic) bond motifs is 1. The van der Waals surface area contributed by atoms with Crippen LogP contribution in [0.1, 0.15) is 30.4 Å². The SMILES string of the molecule is N#Cc1c(/C=N/O)ccnc1OC1CCC2B(O)OCC2C1. The number of ether oxygens (including phenoxy) is 1. The molecule has 1 aromatic rings. The van der Waals surface area contributed by atoms with E-state index in [-0.39, 0.29) is 29.3 Å². The molecule has 7 nitrogen and oxygen atoms in total. The van der Waals surface area contributed by atoms with E-state index < -0.39 is 7.12 Å². The number of nitriles is 1. The first kappa shape index (κ1) is 14.8. The zero-order chi connectivity index (χ0) is 15.5. The average molecular weight is 301 g/mol. The van der Waals surface area contributed by atoms with Gasteiger partial charge in [-0.1, -0.05) is 5.16 Å². The number of aromatic nitrogens is 1. The van der Waals surface area contributed by atoms with Gasteiger partial charge in [0.25, 0.3) is 0 Å². The van der Waals surface area contributed by atoms with Gasteiger partial charge in [-0.05, 0) is 37.1 Å². The Morgan fingerprint density at radius 2 is 2.41 bits per heavy atom. The largest absolute Gasteiger partial charge is 0.473 e. The zero-order valence-electron chi connectivity index (χ0n) is 11.9. The third-order valence-corrected chi connectivity index (χ3v) is 4.38. The van der Waals surface area contributed by atoms with E-state index in [0.29, 0.717) is 12.2 Å². The van der Waals surface area contributed by atoms with Crippen molar-refractivity contribution < 1.29 is 19.6 Å². The van der Waals surface area contributed by atoms with Gasteiger partial charge in [-0.25, -0.2) is 4.98 Å². The molecule has 3 atom stereocenters. The molecule has 22 heavy (non-hydrogen) atoms. The van der Waals surface area contributed by atoms with Gasteiger partial charge in [0.05, 0.1) is 6.21 Å². The maximum atomic E-state index is 9.72. The van der Waals surface area contributed by atoms with Gasteiger partial charge in [0.1, 0.15) is 17.7 Å². The normalized spacial score (nSPS) is 27.6. The molecule has 2 N–H and O–H groups in total. The van der Waals surface area contributed by atoms with Crippen molar-refractivity contribution in [3.8, 4) is 11.9 Å². The maximum Gasteiger partial charge on any atom is 0.457 e. The Labute approximate surface area is 128 Å². The minimum atomic E-state index is -0.664. The van der Waals surface area contributed by atoms with Crippen molar-refractivity contribution in [2.24, 2.45) is 11.1 Å². The van der Waals surface area contributed by atoms with Crippen molar-refractivity contribution in [3.63, 3.8) is 0 Å². The second-order valence-corrected chi connectivity index (χ2v) is 5.64. The molecular formula is C14H16BN3O4. The van der Waals surface area contributed by atoms with Gasteiger partial charge in [0.2, 0.25) is 5.88 Å². The smallest absolute Gasteiger partial charge is 0.457 e. The molecule has 3 rings (SSSR count). The minimum absolute atomic E-state index is 0.0592. The zero-order valence-corrected chi connectivity index (χ0v) is 11.9. The first-order valence-electron chi connectivity index (χ1n) is 7.25. The fourth-order valence-electron chi connectivity index (χ4n) is 3.25. The highest BCUT2D eigenvalue weighted by atomic mass is 16.5. The number of oxime groups is 1. The lowest BCUT2D eigenvalue weighted by atomic mass is 9.62. The summed E-state index contributed by atoms with van der Waals surface area (Å²) in [5.41, 5.74) is 0.716. The highest BCUT2D eigenvalue weighted by molar-refractivity contribution is 6.45. The third-order valence-electron chi connectivity index (χ3n) is 4.38. The van der Waals surface area contributed by atoms with E-state index in [2.05, 4.69) is 10.1 Å². The van der Waals surface area contributed by atoms with Crippen LogP contribution in [0, 0.1) is 17.2 Å². The first-order chi connectivity index (χ1) is 10.7. The predicted molar refractivity (Wildman–Crippen MR) is 77.8 cm³/mol. The highest BCUT2D eigenvalue weighted by Crippen LogP contribution is 2.42.